The van der Waals surface area contributed by atoms with Crippen LogP contribution in [0.25, 0.3) is 0 Å². The molecule has 1 aromatic carbocycles. The lowest BCUT2D eigenvalue weighted by atomic mass is 9.90. The number of likely N-dealkylation sites (tertiary alicyclic amines) is 2. The van der Waals surface area contributed by atoms with Crippen molar-refractivity contribution < 1.29 is 14.3 Å². The lowest BCUT2D eigenvalue weighted by Gasteiger charge is -2.41. The molecule has 0 unspecified atom stereocenters. The number of rotatable bonds is 2. The third kappa shape index (κ3) is 4.64. The fraction of sp³-hybridized carbons (Fsp3) is 0.667. The molecule has 0 atom stereocenters. The Kier molecular flexibility index (Phi) is 6.32. The smallest absolute Gasteiger partial charge is 0.258 e. The van der Waals surface area contributed by atoms with Gasteiger partial charge in [0.1, 0.15) is 17.9 Å². The summed E-state index contributed by atoms with van der Waals surface area (Å²) in [7, 11) is 2.12. The molecule has 4 rings (SSSR count). The van der Waals surface area contributed by atoms with Gasteiger partial charge in [-0.3, -0.25) is 9.59 Å². The minimum absolute atomic E-state index is 0.0735. The van der Waals surface area contributed by atoms with Gasteiger partial charge in [-0.2, -0.15) is 0 Å². The van der Waals surface area contributed by atoms with Gasteiger partial charge in [0.25, 0.3) is 5.91 Å². The predicted molar refractivity (Wildman–Crippen MR) is 117 cm³/mol. The van der Waals surface area contributed by atoms with E-state index in [1.807, 2.05) is 30.0 Å². The van der Waals surface area contributed by atoms with Gasteiger partial charge in [0, 0.05) is 39.0 Å². The molecule has 2 amide bonds. The monoisotopic (exact) mass is 413 g/mol. The van der Waals surface area contributed by atoms with Gasteiger partial charge in [0.2, 0.25) is 5.91 Å². The van der Waals surface area contributed by atoms with Crippen molar-refractivity contribution in [3.8, 4) is 5.75 Å². The van der Waals surface area contributed by atoms with E-state index < -0.39 is 5.60 Å². The molecule has 3 aliphatic heterocycles. The van der Waals surface area contributed by atoms with Crippen molar-refractivity contribution in [2.45, 2.75) is 57.5 Å². The molecule has 1 aromatic rings. The first-order valence-corrected chi connectivity index (χ1v) is 11.5. The molecule has 3 aliphatic rings. The molecule has 0 radical (unpaired) electrons. The molecule has 0 aromatic heterocycles. The first-order valence-electron chi connectivity index (χ1n) is 11.5. The Balaban J connectivity index is 1.58. The van der Waals surface area contributed by atoms with Gasteiger partial charge in [0.05, 0.1) is 12.1 Å². The first kappa shape index (κ1) is 21.2. The van der Waals surface area contributed by atoms with Crippen molar-refractivity contribution in [1.29, 1.82) is 0 Å². The number of ether oxygens (including phenoxy) is 1. The maximum atomic E-state index is 13.5. The molecule has 164 valence electrons. The highest BCUT2D eigenvalue weighted by Gasteiger charge is 2.43. The highest BCUT2D eigenvalue weighted by Crippen LogP contribution is 2.35. The van der Waals surface area contributed by atoms with Crippen LogP contribution in [0.5, 0.6) is 5.75 Å². The van der Waals surface area contributed by atoms with Crippen molar-refractivity contribution in [2.75, 3.05) is 46.3 Å². The van der Waals surface area contributed by atoms with Crippen LogP contribution >= 0.6 is 0 Å². The Morgan fingerprint density at radius 3 is 2.40 bits per heavy atom. The number of carbonyl (C=O) groups is 2. The number of hydrogen-bond acceptors (Lipinski definition) is 4. The van der Waals surface area contributed by atoms with Crippen LogP contribution in [-0.4, -0.2) is 78.4 Å². The highest BCUT2D eigenvalue weighted by molar-refractivity contribution is 5.99. The molecule has 3 heterocycles. The van der Waals surface area contributed by atoms with E-state index in [0.29, 0.717) is 17.9 Å². The third-order valence-corrected chi connectivity index (χ3v) is 6.89. The molecule has 2 fully saturated rings. The summed E-state index contributed by atoms with van der Waals surface area (Å²) in [5.41, 5.74) is 1.20. The van der Waals surface area contributed by atoms with Crippen LogP contribution < -0.4 is 4.74 Å². The van der Waals surface area contributed by atoms with Gasteiger partial charge < -0.3 is 19.4 Å². The normalized spacial score (nSPS) is 22.7. The van der Waals surface area contributed by atoms with Gasteiger partial charge >= 0.3 is 0 Å². The van der Waals surface area contributed by atoms with Crippen LogP contribution in [0.15, 0.2) is 18.2 Å². The van der Waals surface area contributed by atoms with Gasteiger partial charge in [-0.05, 0) is 38.9 Å². The fourth-order valence-corrected chi connectivity index (χ4v) is 4.93. The number of carbonyl (C=O) groups excluding carboxylic acids is 2. The zero-order chi connectivity index (χ0) is 21.1. The quantitative estimate of drug-likeness (QED) is 0.748. The summed E-state index contributed by atoms with van der Waals surface area (Å²) in [5, 5.41) is 0. The maximum Gasteiger partial charge on any atom is 0.258 e. The standard InChI is InChI=1S/C24H35N3O3/c1-19-8-9-21-20(16-19)23(29)27(18-24(30-21)10-14-25(2)15-11-24)17-22(28)26-12-6-4-3-5-7-13-26/h8-9,16H,3-7,10-15,17-18H2,1-2H3. The van der Waals surface area contributed by atoms with E-state index in [-0.39, 0.29) is 18.4 Å². The van der Waals surface area contributed by atoms with E-state index in [9.17, 15) is 9.59 Å². The molecule has 0 aliphatic carbocycles. The van der Waals surface area contributed by atoms with E-state index in [2.05, 4.69) is 11.9 Å². The number of hydrogen-bond donors (Lipinski definition) is 0. The Bertz CT molecular complexity index is 778. The number of piperidine rings is 1. The second-order valence-corrected chi connectivity index (χ2v) is 9.40. The lowest BCUT2D eigenvalue weighted by molar-refractivity contribution is -0.132. The van der Waals surface area contributed by atoms with E-state index in [0.717, 1.165) is 57.4 Å². The summed E-state index contributed by atoms with van der Waals surface area (Å²) in [6.45, 7) is 6.10. The van der Waals surface area contributed by atoms with Gasteiger partial charge in [0.15, 0.2) is 0 Å². The fourth-order valence-electron chi connectivity index (χ4n) is 4.93. The summed E-state index contributed by atoms with van der Waals surface area (Å²) < 4.78 is 6.54. The molecule has 2 saturated heterocycles. The molecule has 6 heteroatoms. The van der Waals surface area contributed by atoms with Crippen LogP contribution in [0, 0.1) is 6.92 Å². The Morgan fingerprint density at radius 2 is 1.70 bits per heavy atom. The number of amides is 2. The average Bonchev–Trinajstić information content (AvgIpc) is 2.80. The Morgan fingerprint density at radius 1 is 1.03 bits per heavy atom. The molecule has 1 spiro atoms. The Labute approximate surface area is 180 Å². The van der Waals surface area contributed by atoms with Crippen molar-refractivity contribution in [1.82, 2.24) is 14.7 Å². The Hall–Kier alpha value is -2.08. The maximum absolute atomic E-state index is 13.5. The highest BCUT2D eigenvalue weighted by atomic mass is 16.5. The van der Waals surface area contributed by atoms with E-state index in [1.54, 1.807) is 4.90 Å². The number of nitrogens with zero attached hydrogens (tertiary/aromatic N) is 3. The minimum atomic E-state index is -0.417. The van der Waals surface area contributed by atoms with Gasteiger partial charge in [-0.25, -0.2) is 0 Å². The lowest BCUT2D eigenvalue weighted by Crippen LogP contribution is -2.55. The average molecular weight is 414 g/mol. The van der Waals surface area contributed by atoms with Crippen molar-refractivity contribution in [2.24, 2.45) is 0 Å². The van der Waals surface area contributed by atoms with Crippen LogP contribution in [0.4, 0.5) is 0 Å². The molecule has 0 bridgehead atoms. The van der Waals surface area contributed by atoms with Crippen molar-refractivity contribution >= 4 is 11.8 Å². The SMILES string of the molecule is Cc1ccc2c(c1)C(=O)N(CC(=O)N1CCCCCCC1)CC1(CCN(C)CC1)O2. The van der Waals surface area contributed by atoms with Crippen molar-refractivity contribution in [3.63, 3.8) is 0 Å². The third-order valence-electron chi connectivity index (χ3n) is 6.89. The summed E-state index contributed by atoms with van der Waals surface area (Å²) in [4.78, 5) is 32.7. The van der Waals surface area contributed by atoms with E-state index in [4.69, 9.17) is 4.74 Å². The molecular weight excluding hydrogens is 378 g/mol. The predicted octanol–water partition coefficient (Wildman–Crippen LogP) is 3.09. The van der Waals surface area contributed by atoms with Crippen LogP contribution in [0.3, 0.4) is 0 Å². The molecule has 30 heavy (non-hydrogen) atoms. The first-order chi connectivity index (χ1) is 14.5. The number of fused-ring (bicyclic) bond motifs is 1. The molecular formula is C24H35N3O3. The number of benzene rings is 1. The second kappa shape index (κ2) is 8.96. The molecule has 0 N–H and O–H groups in total. The minimum Gasteiger partial charge on any atom is -0.484 e. The van der Waals surface area contributed by atoms with Crippen LogP contribution in [-0.2, 0) is 4.79 Å². The van der Waals surface area contributed by atoms with E-state index >= 15 is 0 Å². The molecule has 6 nitrogen and oxygen atoms in total. The van der Waals surface area contributed by atoms with E-state index in [1.165, 1.54) is 19.3 Å². The van der Waals surface area contributed by atoms with Gasteiger partial charge in [-0.15, -0.1) is 0 Å². The van der Waals surface area contributed by atoms with Crippen molar-refractivity contribution in [3.05, 3.63) is 29.3 Å². The van der Waals surface area contributed by atoms with Gasteiger partial charge in [-0.1, -0.05) is 30.9 Å². The largest absolute Gasteiger partial charge is 0.484 e. The number of aryl methyl sites for hydroxylation is 1. The summed E-state index contributed by atoms with van der Waals surface area (Å²) in [6.07, 6.45) is 7.46. The topological polar surface area (TPSA) is 53.1 Å². The zero-order valence-electron chi connectivity index (χ0n) is 18.5. The van der Waals surface area contributed by atoms with Crippen LogP contribution in [0.1, 0.15) is 60.9 Å². The van der Waals surface area contributed by atoms with Crippen LogP contribution in [0.2, 0.25) is 0 Å². The summed E-state index contributed by atoms with van der Waals surface area (Å²) in [5.74, 6) is 0.658. The summed E-state index contributed by atoms with van der Waals surface area (Å²) >= 11 is 0. The second-order valence-electron chi connectivity index (χ2n) is 9.40. The summed E-state index contributed by atoms with van der Waals surface area (Å²) in [6, 6.07) is 5.82. The molecule has 0 saturated carbocycles. The zero-order valence-corrected chi connectivity index (χ0v) is 18.5.